The van der Waals surface area contributed by atoms with Gasteiger partial charge in [-0.3, -0.25) is 14.5 Å². The van der Waals surface area contributed by atoms with Crippen molar-refractivity contribution in [3.05, 3.63) is 53.8 Å². The molecular weight excluding hydrogens is 381 g/mol. The summed E-state index contributed by atoms with van der Waals surface area (Å²) < 4.78 is 21.3. The Labute approximate surface area is 165 Å². The molecule has 0 atom stereocenters. The molecule has 0 aliphatic rings. The van der Waals surface area contributed by atoms with Crippen molar-refractivity contribution in [1.29, 1.82) is 0 Å². The first kappa shape index (κ1) is 19.8. The predicted molar refractivity (Wildman–Crippen MR) is 106 cm³/mol. The van der Waals surface area contributed by atoms with Gasteiger partial charge in [0, 0.05) is 6.54 Å². The Morgan fingerprint density at radius 1 is 1.07 bits per heavy atom. The lowest BCUT2D eigenvalue weighted by Gasteiger charge is -2.19. The minimum absolute atomic E-state index is 0.0778. The summed E-state index contributed by atoms with van der Waals surface area (Å²) >= 11 is 1.09. The number of anilines is 1. The average molecular weight is 401 g/mol. The molecule has 2 amide bonds. The van der Waals surface area contributed by atoms with Crippen molar-refractivity contribution in [2.24, 2.45) is 0 Å². The van der Waals surface area contributed by atoms with Crippen LogP contribution in [0.15, 0.2) is 42.5 Å². The van der Waals surface area contributed by atoms with E-state index in [9.17, 15) is 14.0 Å². The van der Waals surface area contributed by atoms with E-state index in [-0.39, 0.29) is 30.7 Å². The second-order valence-corrected chi connectivity index (χ2v) is 6.72. The number of hydrogen-bond donors (Lipinski definition) is 2. The van der Waals surface area contributed by atoms with Gasteiger partial charge in [0.1, 0.15) is 16.9 Å². The minimum atomic E-state index is -0.317. The third kappa shape index (κ3) is 5.30. The molecule has 3 rings (SSSR count). The monoisotopic (exact) mass is 401 g/mol. The fourth-order valence-corrected chi connectivity index (χ4v) is 3.19. The number of fused-ring (bicyclic) bond motifs is 1. The van der Waals surface area contributed by atoms with E-state index in [1.165, 1.54) is 12.1 Å². The first-order chi connectivity index (χ1) is 13.5. The van der Waals surface area contributed by atoms with Crippen LogP contribution in [0.2, 0.25) is 0 Å². The van der Waals surface area contributed by atoms with Crippen molar-refractivity contribution in [2.45, 2.75) is 13.5 Å². The van der Waals surface area contributed by atoms with Gasteiger partial charge in [-0.25, -0.2) is 4.39 Å². The lowest BCUT2D eigenvalue weighted by Crippen LogP contribution is -2.40. The highest BCUT2D eigenvalue weighted by molar-refractivity contribution is 7.00. The summed E-state index contributed by atoms with van der Waals surface area (Å²) in [5.74, 6) is -0.749. The van der Waals surface area contributed by atoms with Crippen molar-refractivity contribution in [3.8, 4) is 0 Å². The van der Waals surface area contributed by atoms with E-state index in [0.29, 0.717) is 24.3 Å². The van der Waals surface area contributed by atoms with Gasteiger partial charge in [0.15, 0.2) is 0 Å². The van der Waals surface area contributed by atoms with E-state index in [4.69, 9.17) is 0 Å². The largest absolute Gasteiger partial charge is 0.351 e. The van der Waals surface area contributed by atoms with E-state index in [1.807, 2.05) is 13.0 Å². The van der Waals surface area contributed by atoms with Gasteiger partial charge in [0.25, 0.3) is 0 Å². The molecule has 1 aromatic heterocycles. The summed E-state index contributed by atoms with van der Waals surface area (Å²) in [6, 6.07) is 11.3. The van der Waals surface area contributed by atoms with E-state index in [2.05, 4.69) is 19.4 Å². The normalized spacial score (nSPS) is 11.0. The number of benzene rings is 2. The first-order valence-electron chi connectivity index (χ1n) is 8.79. The third-order valence-electron chi connectivity index (χ3n) is 4.14. The molecule has 0 fully saturated rings. The zero-order valence-corrected chi connectivity index (χ0v) is 16.1. The maximum absolute atomic E-state index is 12.9. The van der Waals surface area contributed by atoms with Gasteiger partial charge in [-0.1, -0.05) is 25.1 Å². The van der Waals surface area contributed by atoms with Crippen molar-refractivity contribution in [2.75, 3.05) is 25.0 Å². The molecule has 1 heterocycles. The molecule has 0 bridgehead atoms. The molecule has 9 heteroatoms. The van der Waals surface area contributed by atoms with E-state index in [1.54, 1.807) is 29.2 Å². The molecule has 146 valence electrons. The number of carbonyl (C=O) groups excluding carboxylic acids is 2. The number of carbonyl (C=O) groups is 2. The lowest BCUT2D eigenvalue weighted by atomic mass is 10.2. The summed E-state index contributed by atoms with van der Waals surface area (Å²) in [5.41, 5.74) is 2.80. The minimum Gasteiger partial charge on any atom is -0.351 e. The molecule has 0 spiro atoms. The zero-order valence-electron chi connectivity index (χ0n) is 15.3. The van der Waals surface area contributed by atoms with Crippen molar-refractivity contribution >= 4 is 40.3 Å². The second-order valence-electron chi connectivity index (χ2n) is 6.19. The average Bonchev–Trinajstić information content (AvgIpc) is 3.17. The number of halogens is 1. The van der Waals surface area contributed by atoms with Crippen LogP contribution in [0, 0.1) is 5.82 Å². The van der Waals surface area contributed by atoms with Crippen LogP contribution in [0.25, 0.3) is 11.0 Å². The number of hydrogen-bond acceptors (Lipinski definition) is 6. The highest BCUT2D eigenvalue weighted by Gasteiger charge is 2.15. The van der Waals surface area contributed by atoms with Crippen LogP contribution in [0.5, 0.6) is 0 Å². The topological polar surface area (TPSA) is 87.2 Å². The van der Waals surface area contributed by atoms with Gasteiger partial charge in [-0.15, -0.1) is 0 Å². The smallest absolute Gasteiger partial charge is 0.238 e. The predicted octanol–water partition coefficient (Wildman–Crippen LogP) is 2.41. The van der Waals surface area contributed by atoms with Gasteiger partial charge in [-0.05, 0) is 36.4 Å². The highest BCUT2D eigenvalue weighted by Crippen LogP contribution is 2.20. The third-order valence-corrected chi connectivity index (χ3v) is 4.69. The molecule has 0 aliphatic heterocycles. The summed E-state index contributed by atoms with van der Waals surface area (Å²) in [7, 11) is 0. The van der Waals surface area contributed by atoms with Gasteiger partial charge in [0.05, 0.1) is 30.5 Å². The van der Waals surface area contributed by atoms with Crippen LogP contribution in [0.1, 0.15) is 12.5 Å². The molecule has 3 aromatic rings. The zero-order chi connectivity index (χ0) is 19.9. The molecule has 0 unspecified atom stereocenters. The molecule has 0 saturated carbocycles. The Morgan fingerprint density at radius 2 is 1.82 bits per heavy atom. The van der Waals surface area contributed by atoms with Crippen LogP contribution in [-0.2, 0) is 16.1 Å². The maximum Gasteiger partial charge on any atom is 0.238 e. The van der Waals surface area contributed by atoms with E-state index in [0.717, 1.165) is 22.8 Å². The molecule has 7 nitrogen and oxygen atoms in total. The Morgan fingerprint density at radius 3 is 2.57 bits per heavy atom. The molecule has 2 N–H and O–H groups in total. The molecule has 0 saturated heterocycles. The number of aromatic nitrogens is 2. The summed E-state index contributed by atoms with van der Waals surface area (Å²) in [6.45, 7) is 2.90. The number of nitrogens with one attached hydrogen (secondary N) is 2. The van der Waals surface area contributed by atoms with Crippen LogP contribution < -0.4 is 10.6 Å². The van der Waals surface area contributed by atoms with Crippen molar-refractivity contribution in [1.82, 2.24) is 19.0 Å². The Balaban J connectivity index is 1.50. The highest BCUT2D eigenvalue weighted by atomic mass is 32.1. The van der Waals surface area contributed by atoms with Crippen LogP contribution in [0.3, 0.4) is 0 Å². The fraction of sp³-hybridized carbons (Fsp3) is 0.263. The summed E-state index contributed by atoms with van der Waals surface area (Å²) in [5, 5.41) is 5.60. The number of nitrogens with zero attached hydrogens (tertiary/aromatic N) is 3. The first-order valence-corrected chi connectivity index (χ1v) is 9.53. The van der Waals surface area contributed by atoms with Gasteiger partial charge < -0.3 is 10.6 Å². The number of rotatable bonds is 8. The standard InChI is InChI=1S/C19H20FN5O2S/c1-2-25(11-17(26)21-10-13-6-8-14(20)9-7-13)12-18(27)22-15-4-3-5-16-19(15)24-28-23-16/h3-9H,2,10-12H2,1H3,(H,21,26)(H,22,27). The van der Waals surface area contributed by atoms with E-state index < -0.39 is 0 Å². The van der Waals surface area contributed by atoms with Gasteiger partial charge in [0.2, 0.25) is 11.8 Å². The molecule has 2 aromatic carbocycles. The summed E-state index contributed by atoms with van der Waals surface area (Å²) in [6.07, 6.45) is 0. The quantitative estimate of drug-likeness (QED) is 0.605. The van der Waals surface area contributed by atoms with Gasteiger partial charge in [-0.2, -0.15) is 8.75 Å². The van der Waals surface area contributed by atoms with Crippen LogP contribution in [-0.4, -0.2) is 45.1 Å². The fourth-order valence-electron chi connectivity index (χ4n) is 2.64. The SMILES string of the molecule is CCN(CC(=O)NCc1ccc(F)cc1)CC(=O)Nc1cccc2nsnc12. The lowest BCUT2D eigenvalue weighted by molar-refractivity contribution is -0.123. The van der Waals surface area contributed by atoms with Crippen molar-refractivity contribution in [3.63, 3.8) is 0 Å². The summed E-state index contributed by atoms with van der Waals surface area (Å²) in [4.78, 5) is 26.3. The second kappa shape index (κ2) is 9.34. The number of likely N-dealkylation sites (N-methyl/N-ethyl adjacent to an activating group) is 1. The van der Waals surface area contributed by atoms with Crippen LogP contribution >= 0.6 is 11.7 Å². The molecule has 0 aliphatic carbocycles. The van der Waals surface area contributed by atoms with Gasteiger partial charge >= 0.3 is 0 Å². The van der Waals surface area contributed by atoms with Crippen LogP contribution in [0.4, 0.5) is 10.1 Å². The number of amides is 2. The Bertz CT molecular complexity index is 960. The van der Waals surface area contributed by atoms with Crippen molar-refractivity contribution < 1.29 is 14.0 Å². The maximum atomic E-state index is 12.9. The van der Waals surface area contributed by atoms with E-state index >= 15 is 0 Å². The molecular formula is C19H20FN5O2S. The Hall–Kier alpha value is -2.91. The Kier molecular flexibility index (Phi) is 6.62. The molecule has 28 heavy (non-hydrogen) atoms. The molecule has 0 radical (unpaired) electrons.